The van der Waals surface area contributed by atoms with Crippen molar-refractivity contribution < 1.29 is 14.2 Å². The second-order valence-electron chi connectivity index (χ2n) is 4.37. The van der Waals surface area contributed by atoms with Crippen LogP contribution in [0, 0.1) is 0 Å². The molecule has 1 fully saturated rings. The summed E-state index contributed by atoms with van der Waals surface area (Å²) in [7, 11) is 1.67. The van der Waals surface area contributed by atoms with Crippen molar-refractivity contribution in [3.63, 3.8) is 0 Å². The zero-order chi connectivity index (χ0) is 12.8. The number of benzene rings is 1. The van der Waals surface area contributed by atoms with Crippen LogP contribution in [0.1, 0.15) is 18.6 Å². The average Bonchev–Trinajstić information content (AvgIpc) is 2.37. The van der Waals surface area contributed by atoms with E-state index in [9.17, 15) is 0 Å². The van der Waals surface area contributed by atoms with Gasteiger partial charge in [-0.3, -0.25) is 0 Å². The van der Waals surface area contributed by atoms with Gasteiger partial charge >= 0.3 is 0 Å². The molecule has 4 heteroatoms. The first-order valence-electron chi connectivity index (χ1n) is 6.41. The Morgan fingerprint density at radius 2 is 2.06 bits per heavy atom. The molecule has 0 aliphatic carbocycles. The summed E-state index contributed by atoms with van der Waals surface area (Å²) in [5.41, 5.74) is 1.17. The molecule has 100 valence electrons. The van der Waals surface area contributed by atoms with Gasteiger partial charge in [0.25, 0.3) is 0 Å². The van der Waals surface area contributed by atoms with E-state index in [0.717, 1.165) is 18.8 Å². The number of hydrogen-bond acceptors (Lipinski definition) is 4. The highest BCUT2D eigenvalue weighted by molar-refractivity contribution is 5.28. The van der Waals surface area contributed by atoms with Gasteiger partial charge in [0.2, 0.25) is 0 Å². The van der Waals surface area contributed by atoms with Gasteiger partial charge in [0.15, 0.2) is 0 Å². The summed E-state index contributed by atoms with van der Waals surface area (Å²) in [6.07, 6.45) is 0.306. The van der Waals surface area contributed by atoms with Crippen LogP contribution >= 0.6 is 0 Å². The van der Waals surface area contributed by atoms with Crippen molar-refractivity contribution in [3.8, 4) is 5.75 Å². The van der Waals surface area contributed by atoms with Crippen molar-refractivity contribution in [1.29, 1.82) is 0 Å². The van der Waals surface area contributed by atoms with Crippen LogP contribution in [0.4, 0.5) is 0 Å². The molecule has 0 radical (unpaired) electrons. The minimum Gasteiger partial charge on any atom is -0.497 e. The Labute approximate surface area is 108 Å². The second kappa shape index (κ2) is 6.73. The lowest BCUT2D eigenvalue weighted by atomic mass is 10.1. The molecule has 1 aliphatic rings. The number of ether oxygens (including phenoxy) is 3. The summed E-state index contributed by atoms with van der Waals surface area (Å²) in [5.74, 6) is 0.868. The highest BCUT2D eigenvalue weighted by atomic mass is 16.6. The first kappa shape index (κ1) is 13.3. The van der Waals surface area contributed by atoms with Crippen LogP contribution in [0.15, 0.2) is 24.3 Å². The Morgan fingerprint density at radius 3 is 2.56 bits per heavy atom. The van der Waals surface area contributed by atoms with Crippen molar-refractivity contribution in [2.24, 2.45) is 0 Å². The van der Waals surface area contributed by atoms with Crippen LogP contribution < -0.4 is 10.1 Å². The second-order valence-corrected chi connectivity index (χ2v) is 4.37. The number of rotatable bonds is 7. The molecule has 1 aromatic rings. The Kier molecular flexibility index (Phi) is 4.99. The van der Waals surface area contributed by atoms with Gasteiger partial charge in [0.1, 0.15) is 11.9 Å². The molecule has 0 saturated carbocycles. The summed E-state index contributed by atoms with van der Waals surface area (Å²) < 4.78 is 16.3. The third-order valence-corrected chi connectivity index (χ3v) is 3.03. The first-order chi connectivity index (χ1) is 8.83. The lowest BCUT2D eigenvalue weighted by molar-refractivity contribution is -0.155. The molecular weight excluding hydrogens is 230 g/mol. The fourth-order valence-electron chi connectivity index (χ4n) is 1.86. The van der Waals surface area contributed by atoms with E-state index in [1.54, 1.807) is 7.11 Å². The van der Waals surface area contributed by atoms with E-state index in [4.69, 9.17) is 14.2 Å². The van der Waals surface area contributed by atoms with Gasteiger partial charge in [0, 0.05) is 6.54 Å². The predicted molar refractivity (Wildman–Crippen MR) is 70.0 cm³/mol. The Bertz CT molecular complexity index is 349. The van der Waals surface area contributed by atoms with Gasteiger partial charge in [-0.1, -0.05) is 19.1 Å². The third-order valence-electron chi connectivity index (χ3n) is 3.03. The Morgan fingerprint density at radius 1 is 1.33 bits per heavy atom. The molecule has 0 bridgehead atoms. The molecule has 1 heterocycles. The summed E-state index contributed by atoms with van der Waals surface area (Å²) in [5, 5.41) is 3.33. The molecule has 1 aliphatic heterocycles. The molecule has 0 aromatic heterocycles. The molecule has 4 nitrogen and oxygen atoms in total. The third kappa shape index (κ3) is 3.45. The van der Waals surface area contributed by atoms with Gasteiger partial charge in [-0.05, 0) is 24.2 Å². The lowest BCUT2D eigenvalue weighted by Crippen LogP contribution is -2.39. The van der Waals surface area contributed by atoms with E-state index in [-0.39, 0.29) is 12.2 Å². The number of likely N-dealkylation sites (N-methyl/N-ethyl adjacent to an activating group) is 1. The number of hydrogen-bond donors (Lipinski definition) is 1. The fourth-order valence-corrected chi connectivity index (χ4v) is 1.86. The highest BCUT2D eigenvalue weighted by Crippen LogP contribution is 2.23. The Hall–Kier alpha value is -1.10. The summed E-state index contributed by atoms with van der Waals surface area (Å²) in [6.45, 7) is 5.27. The quantitative estimate of drug-likeness (QED) is 0.801. The Balaban J connectivity index is 2.00. The van der Waals surface area contributed by atoms with Crippen LogP contribution in [-0.4, -0.2) is 39.5 Å². The maximum atomic E-state index is 6.02. The summed E-state index contributed by atoms with van der Waals surface area (Å²) in [4.78, 5) is 0. The zero-order valence-corrected chi connectivity index (χ0v) is 11.0. The van der Waals surface area contributed by atoms with E-state index in [2.05, 4.69) is 24.4 Å². The molecule has 1 N–H and O–H groups in total. The monoisotopic (exact) mass is 251 g/mol. The maximum Gasteiger partial charge on any atom is 0.118 e. The van der Waals surface area contributed by atoms with Crippen molar-refractivity contribution in [2.45, 2.75) is 19.1 Å². The highest BCUT2D eigenvalue weighted by Gasteiger charge is 2.24. The smallest absolute Gasteiger partial charge is 0.118 e. The number of methoxy groups -OCH3 is 1. The molecule has 2 rings (SSSR count). The molecule has 0 amide bonds. The van der Waals surface area contributed by atoms with Crippen LogP contribution in [0.2, 0.25) is 0 Å². The molecule has 0 spiro atoms. The fraction of sp³-hybridized carbons (Fsp3) is 0.571. The van der Waals surface area contributed by atoms with E-state index in [1.807, 2.05) is 12.1 Å². The molecule has 1 atom stereocenters. The lowest BCUT2D eigenvalue weighted by Gasteiger charge is -2.31. The molecule has 18 heavy (non-hydrogen) atoms. The minimum absolute atomic E-state index is 0.0738. The first-order valence-corrected chi connectivity index (χ1v) is 6.41. The van der Waals surface area contributed by atoms with Crippen LogP contribution in [0.5, 0.6) is 5.75 Å². The van der Waals surface area contributed by atoms with E-state index >= 15 is 0 Å². The van der Waals surface area contributed by atoms with Gasteiger partial charge in [0.05, 0.1) is 26.4 Å². The van der Waals surface area contributed by atoms with E-state index < -0.39 is 0 Å². The van der Waals surface area contributed by atoms with Gasteiger partial charge < -0.3 is 19.5 Å². The van der Waals surface area contributed by atoms with Gasteiger partial charge in [-0.2, -0.15) is 0 Å². The SMILES string of the molecule is CCNCC(OC1COC1)c1ccc(OC)cc1. The van der Waals surface area contributed by atoms with Gasteiger partial charge in [-0.15, -0.1) is 0 Å². The van der Waals surface area contributed by atoms with Crippen molar-refractivity contribution >= 4 is 0 Å². The van der Waals surface area contributed by atoms with Crippen molar-refractivity contribution in [1.82, 2.24) is 5.32 Å². The standard InChI is InChI=1S/C14H21NO3/c1-3-15-8-14(18-13-9-17-10-13)11-4-6-12(16-2)7-5-11/h4-7,13-15H,3,8-10H2,1-2H3. The largest absolute Gasteiger partial charge is 0.497 e. The van der Waals surface area contributed by atoms with Crippen LogP contribution in [0.25, 0.3) is 0 Å². The molecule has 1 saturated heterocycles. The molecule has 1 unspecified atom stereocenters. The van der Waals surface area contributed by atoms with E-state index in [1.165, 1.54) is 5.56 Å². The maximum absolute atomic E-state index is 6.02. The van der Waals surface area contributed by atoms with Gasteiger partial charge in [-0.25, -0.2) is 0 Å². The van der Waals surface area contributed by atoms with Crippen LogP contribution in [-0.2, 0) is 9.47 Å². The predicted octanol–water partition coefficient (Wildman–Crippen LogP) is 1.76. The average molecular weight is 251 g/mol. The van der Waals surface area contributed by atoms with E-state index in [0.29, 0.717) is 13.2 Å². The molecule has 1 aromatic carbocycles. The summed E-state index contributed by atoms with van der Waals surface area (Å²) >= 11 is 0. The van der Waals surface area contributed by atoms with Crippen molar-refractivity contribution in [2.75, 3.05) is 33.4 Å². The van der Waals surface area contributed by atoms with Crippen molar-refractivity contribution in [3.05, 3.63) is 29.8 Å². The number of nitrogens with one attached hydrogen (secondary N) is 1. The molecular formula is C14H21NO3. The minimum atomic E-state index is 0.0738. The zero-order valence-electron chi connectivity index (χ0n) is 11.0. The topological polar surface area (TPSA) is 39.7 Å². The van der Waals surface area contributed by atoms with Crippen LogP contribution in [0.3, 0.4) is 0 Å². The normalized spacial score (nSPS) is 17.2. The summed E-state index contributed by atoms with van der Waals surface area (Å²) in [6, 6.07) is 8.05.